The number of hydrogen-bond acceptors (Lipinski definition) is 4. The lowest BCUT2D eigenvalue weighted by Gasteiger charge is -2.20. The van der Waals surface area contributed by atoms with Crippen LogP contribution in [0.15, 0.2) is 54.6 Å². The van der Waals surface area contributed by atoms with Crippen LogP contribution in [0, 0.1) is 0 Å². The minimum Gasteiger partial charge on any atom is -0.508 e. The molecule has 26 heavy (non-hydrogen) atoms. The molecular formula is C19H20N2O5. The van der Waals surface area contributed by atoms with Gasteiger partial charge in [0, 0.05) is 6.42 Å². The molecule has 0 bridgehead atoms. The number of rotatable bonds is 8. The van der Waals surface area contributed by atoms with E-state index in [1.165, 1.54) is 12.1 Å². The molecule has 0 aliphatic heterocycles. The number of carbonyl (C=O) groups excluding carboxylic acids is 2. The van der Waals surface area contributed by atoms with E-state index in [2.05, 4.69) is 10.6 Å². The summed E-state index contributed by atoms with van der Waals surface area (Å²) in [4.78, 5) is 34.8. The largest absolute Gasteiger partial charge is 0.508 e. The maximum absolute atomic E-state index is 12.5. The molecule has 0 saturated carbocycles. The zero-order valence-corrected chi connectivity index (χ0v) is 14.0. The molecule has 0 radical (unpaired) electrons. The highest BCUT2D eigenvalue weighted by Gasteiger charge is 2.23. The van der Waals surface area contributed by atoms with E-state index in [0.29, 0.717) is 6.29 Å². The van der Waals surface area contributed by atoms with Gasteiger partial charge in [0.25, 0.3) is 0 Å². The number of carbonyl (C=O) groups is 3. The Morgan fingerprint density at radius 1 is 0.923 bits per heavy atom. The molecule has 2 aromatic rings. The van der Waals surface area contributed by atoms with E-state index >= 15 is 0 Å². The monoisotopic (exact) mass is 356 g/mol. The summed E-state index contributed by atoms with van der Waals surface area (Å²) in [5, 5.41) is 23.0. The fraction of sp³-hybridized carbons (Fsp3) is 0.211. The van der Waals surface area contributed by atoms with Crippen LogP contribution in [0.3, 0.4) is 0 Å². The quantitative estimate of drug-likeness (QED) is 0.535. The fourth-order valence-corrected chi connectivity index (χ4v) is 2.51. The molecule has 7 nitrogen and oxygen atoms in total. The van der Waals surface area contributed by atoms with Crippen LogP contribution in [-0.2, 0) is 22.4 Å². The summed E-state index contributed by atoms with van der Waals surface area (Å²) in [5.41, 5.74) is 1.55. The fourth-order valence-electron chi connectivity index (χ4n) is 2.51. The molecule has 2 amide bonds. The summed E-state index contributed by atoms with van der Waals surface area (Å²) >= 11 is 0. The number of nitrogens with one attached hydrogen (secondary N) is 2. The van der Waals surface area contributed by atoms with E-state index in [1.54, 1.807) is 36.4 Å². The van der Waals surface area contributed by atoms with Crippen molar-refractivity contribution in [2.24, 2.45) is 0 Å². The molecule has 0 aliphatic carbocycles. The highest BCUT2D eigenvalue weighted by atomic mass is 16.4. The van der Waals surface area contributed by atoms with Crippen molar-refractivity contribution in [2.45, 2.75) is 24.9 Å². The molecule has 0 aliphatic rings. The highest BCUT2D eigenvalue weighted by Crippen LogP contribution is 2.11. The van der Waals surface area contributed by atoms with Crippen molar-refractivity contribution >= 4 is 18.3 Å². The van der Waals surface area contributed by atoms with Crippen molar-refractivity contribution in [3.63, 3.8) is 0 Å². The van der Waals surface area contributed by atoms with Crippen molar-refractivity contribution in [1.29, 1.82) is 0 Å². The van der Waals surface area contributed by atoms with Gasteiger partial charge in [-0.05, 0) is 29.7 Å². The first-order valence-electron chi connectivity index (χ1n) is 8.05. The van der Waals surface area contributed by atoms with Crippen molar-refractivity contribution in [3.05, 3.63) is 65.7 Å². The Balaban J connectivity index is 2.04. The third-order valence-corrected chi connectivity index (χ3v) is 3.78. The molecule has 2 atom stereocenters. The van der Waals surface area contributed by atoms with E-state index in [4.69, 9.17) is 5.11 Å². The van der Waals surface area contributed by atoms with Crippen molar-refractivity contribution in [1.82, 2.24) is 10.6 Å². The molecular weight excluding hydrogens is 336 g/mol. The van der Waals surface area contributed by atoms with Gasteiger partial charge >= 0.3 is 6.09 Å². The zero-order chi connectivity index (χ0) is 18.9. The number of aldehydes is 1. The third kappa shape index (κ3) is 5.94. The normalized spacial score (nSPS) is 12.6. The summed E-state index contributed by atoms with van der Waals surface area (Å²) < 4.78 is 0. The van der Waals surface area contributed by atoms with Crippen LogP contribution in [0.4, 0.5) is 4.79 Å². The van der Waals surface area contributed by atoms with Gasteiger partial charge in [-0.3, -0.25) is 4.79 Å². The molecule has 2 aromatic carbocycles. The summed E-state index contributed by atoms with van der Waals surface area (Å²) in [6, 6.07) is 13.4. The Labute approximate surface area is 150 Å². The third-order valence-electron chi connectivity index (χ3n) is 3.78. The van der Waals surface area contributed by atoms with Crippen LogP contribution in [-0.4, -0.2) is 40.6 Å². The number of amides is 2. The molecule has 2 unspecified atom stereocenters. The first-order chi connectivity index (χ1) is 12.5. The number of benzene rings is 2. The Kier molecular flexibility index (Phi) is 6.73. The Morgan fingerprint density at radius 2 is 1.54 bits per heavy atom. The molecule has 0 heterocycles. The van der Waals surface area contributed by atoms with Crippen molar-refractivity contribution < 1.29 is 24.6 Å². The molecule has 2 rings (SSSR count). The summed E-state index contributed by atoms with van der Waals surface area (Å²) in [6.45, 7) is 0. The number of phenolic OH excluding ortho intramolecular Hbond substituents is 1. The molecule has 0 fully saturated rings. The van der Waals surface area contributed by atoms with Crippen molar-refractivity contribution in [2.75, 3.05) is 0 Å². The van der Waals surface area contributed by atoms with Gasteiger partial charge in [0.1, 0.15) is 18.1 Å². The SMILES string of the molecule is O=CC(Cc1ccc(O)cc1)NC(=O)C(Cc1ccccc1)NC(=O)O. The van der Waals surface area contributed by atoms with Gasteiger partial charge in [0.05, 0.1) is 6.04 Å². The maximum atomic E-state index is 12.5. The maximum Gasteiger partial charge on any atom is 0.405 e. The topological polar surface area (TPSA) is 116 Å². The number of phenols is 1. The van der Waals surface area contributed by atoms with Crippen LogP contribution >= 0.6 is 0 Å². The molecule has 0 spiro atoms. The van der Waals surface area contributed by atoms with E-state index in [1.807, 2.05) is 6.07 Å². The first-order valence-corrected chi connectivity index (χ1v) is 8.05. The van der Waals surface area contributed by atoms with Gasteiger partial charge in [-0.1, -0.05) is 42.5 Å². The van der Waals surface area contributed by atoms with Crippen LogP contribution in [0.2, 0.25) is 0 Å². The summed E-state index contributed by atoms with van der Waals surface area (Å²) in [5.74, 6) is -0.471. The van der Waals surface area contributed by atoms with Gasteiger partial charge < -0.3 is 25.6 Å². The predicted octanol–water partition coefficient (Wildman–Crippen LogP) is 1.50. The molecule has 0 aromatic heterocycles. The van der Waals surface area contributed by atoms with Gasteiger partial charge in [-0.15, -0.1) is 0 Å². The van der Waals surface area contributed by atoms with E-state index in [0.717, 1.165) is 11.1 Å². The van der Waals surface area contributed by atoms with Gasteiger partial charge in [0.15, 0.2) is 0 Å². The minimum atomic E-state index is -1.32. The second kappa shape index (κ2) is 9.22. The number of carboxylic acid groups (broad SMARTS) is 1. The van der Waals surface area contributed by atoms with Gasteiger partial charge in [-0.25, -0.2) is 4.79 Å². The lowest BCUT2D eigenvalue weighted by atomic mass is 10.0. The molecule has 0 saturated heterocycles. The molecule has 4 N–H and O–H groups in total. The Hall–Kier alpha value is -3.35. The number of aromatic hydroxyl groups is 1. The highest BCUT2D eigenvalue weighted by molar-refractivity contribution is 5.87. The van der Waals surface area contributed by atoms with Crippen molar-refractivity contribution in [3.8, 4) is 5.75 Å². The predicted molar refractivity (Wildman–Crippen MR) is 94.9 cm³/mol. The lowest BCUT2D eigenvalue weighted by molar-refractivity contribution is -0.125. The first kappa shape index (κ1) is 19.0. The second-order valence-electron chi connectivity index (χ2n) is 5.81. The van der Waals surface area contributed by atoms with E-state index < -0.39 is 24.1 Å². The summed E-state index contributed by atoms with van der Waals surface area (Å²) in [6.07, 6.45) is -0.308. The van der Waals surface area contributed by atoms with Crippen LogP contribution < -0.4 is 10.6 Å². The lowest BCUT2D eigenvalue weighted by Crippen LogP contribution is -2.51. The minimum absolute atomic E-state index is 0.106. The number of hydrogen-bond donors (Lipinski definition) is 4. The van der Waals surface area contributed by atoms with Gasteiger partial charge in [-0.2, -0.15) is 0 Å². The standard InChI is InChI=1S/C19H20N2O5/c22-12-15(10-14-6-8-16(23)9-7-14)20-18(24)17(21-19(25)26)11-13-4-2-1-3-5-13/h1-9,12,15,17,21,23H,10-11H2,(H,20,24)(H,25,26). The Bertz CT molecular complexity index is 746. The smallest absolute Gasteiger partial charge is 0.405 e. The molecule has 136 valence electrons. The van der Waals surface area contributed by atoms with Gasteiger partial charge in [0.2, 0.25) is 5.91 Å². The Morgan fingerprint density at radius 3 is 2.12 bits per heavy atom. The average molecular weight is 356 g/mol. The molecule has 7 heteroatoms. The average Bonchev–Trinajstić information content (AvgIpc) is 2.62. The van der Waals surface area contributed by atoms with E-state index in [9.17, 15) is 19.5 Å². The van der Waals surface area contributed by atoms with Crippen LogP contribution in [0.25, 0.3) is 0 Å². The van der Waals surface area contributed by atoms with Crippen LogP contribution in [0.1, 0.15) is 11.1 Å². The summed E-state index contributed by atoms with van der Waals surface area (Å²) in [7, 11) is 0. The van der Waals surface area contributed by atoms with Crippen LogP contribution in [0.5, 0.6) is 5.75 Å². The second-order valence-corrected chi connectivity index (χ2v) is 5.81. The van der Waals surface area contributed by atoms with E-state index in [-0.39, 0.29) is 18.6 Å². The zero-order valence-electron chi connectivity index (χ0n) is 14.0.